The van der Waals surface area contributed by atoms with Crippen molar-refractivity contribution < 1.29 is 9.90 Å². The number of fused-ring (bicyclic) bond motifs is 1. The number of aromatic nitrogens is 4. The quantitative estimate of drug-likeness (QED) is 0.651. The Balaban J connectivity index is 2.60. The second-order valence-electron chi connectivity index (χ2n) is 2.61. The summed E-state index contributed by atoms with van der Waals surface area (Å²) in [7, 11) is 0. The van der Waals surface area contributed by atoms with E-state index in [0.717, 1.165) is 0 Å². The third-order valence-electron chi connectivity index (χ3n) is 1.67. The lowest BCUT2D eigenvalue weighted by Crippen LogP contribution is -2.01. The molecule has 3 N–H and O–H groups in total. The van der Waals surface area contributed by atoms with Crippen LogP contribution in [0.15, 0.2) is 12.3 Å². The van der Waals surface area contributed by atoms with Crippen LogP contribution in [0.4, 0.5) is 0 Å². The fraction of sp³-hybridized carbons (Fsp3) is 0.143. The van der Waals surface area contributed by atoms with Crippen molar-refractivity contribution in [1.82, 2.24) is 19.6 Å². The Kier molecular flexibility index (Phi) is 1.86. The molecule has 0 atom stereocenters. The van der Waals surface area contributed by atoms with E-state index in [2.05, 4.69) is 15.1 Å². The molecule has 0 spiro atoms. The van der Waals surface area contributed by atoms with Crippen LogP contribution in [0.3, 0.4) is 0 Å². The second-order valence-corrected chi connectivity index (χ2v) is 2.61. The van der Waals surface area contributed by atoms with E-state index < -0.39 is 5.97 Å². The van der Waals surface area contributed by atoms with Gasteiger partial charge in [0.15, 0.2) is 0 Å². The maximum Gasteiger partial charge on any atom is 0.375 e. The lowest BCUT2D eigenvalue weighted by molar-refractivity contribution is 0.0684. The highest BCUT2D eigenvalue weighted by Crippen LogP contribution is 2.00. The Morgan fingerprint density at radius 3 is 3.00 bits per heavy atom. The number of carbonyl (C=O) groups is 1. The molecule has 0 saturated heterocycles. The first kappa shape index (κ1) is 8.57. The van der Waals surface area contributed by atoms with Gasteiger partial charge in [0.25, 0.3) is 11.6 Å². The highest BCUT2D eigenvalue weighted by Gasteiger charge is 2.11. The van der Waals surface area contributed by atoms with Crippen molar-refractivity contribution >= 4 is 11.7 Å². The van der Waals surface area contributed by atoms with E-state index in [1.54, 1.807) is 12.3 Å². The second kappa shape index (κ2) is 3.04. The first-order chi connectivity index (χ1) is 6.70. The van der Waals surface area contributed by atoms with Gasteiger partial charge in [-0.05, 0) is 6.07 Å². The molecule has 72 valence electrons. The zero-order valence-electron chi connectivity index (χ0n) is 7.08. The van der Waals surface area contributed by atoms with Crippen molar-refractivity contribution in [2.24, 2.45) is 5.73 Å². The summed E-state index contributed by atoms with van der Waals surface area (Å²) in [6.07, 6.45) is 1.57. The lowest BCUT2D eigenvalue weighted by atomic mass is 10.4. The van der Waals surface area contributed by atoms with E-state index in [1.165, 1.54) is 4.52 Å². The zero-order valence-corrected chi connectivity index (χ0v) is 7.08. The molecule has 0 bridgehead atoms. The van der Waals surface area contributed by atoms with Crippen molar-refractivity contribution in [1.29, 1.82) is 0 Å². The van der Waals surface area contributed by atoms with Gasteiger partial charge in [-0.15, -0.1) is 5.10 Å². The predicted molar refractivity (Wildman–Crippen MR) is 45.6 cm³/mol. The first-order valence-electron chi connectivity index (χ1n) is 3.86. The molecule has 0 amide bonds. The molecule has 0 aromatic carbocycles. The van der Waals surface area contributed by atoms with E-state index >= 15 is 0 Å². The average molecular weight is 193 g/mol. The van der Waals surface area contributed by atoms with Gasteiger partial charge in [-0.2, -0.15) is 4.98 Å². The lowest BCUT2D eigenvalue weighted by Gasteiger charge is -1.93. The summed E-state index contributed by atoms with van der Waals surface area (Å²) < 4.78 is 1.29. The zero-order chi connectivity index (χ0) is 10.1. The van der Waals surface area contributed by atoms with Crippen molar-refractivity contribution in [3.63, 3.8) is 0 Å². The summed E-state index contributed by atoms with van der Waals surface area (Å²) in [5.41, 5.74) is 6.01. The van der Waals surface area contributed by atoms with Gasteiger partial charge >= 0.3 is 5.97 Å². The normalized spacial score (nSPS) is 10.6. The molecule has 7 nitrogen and oxygen atoms in total. The Labute approximate surface area is 78.2 Å². The summed E-state index contributed by atoms with van der Waals surface area (Å²) >= 11 is 0. The number of carboxylic acid groups (broad SMARTS) is 1. The molecule has 0 saturated carbocycles. The van der Waals surface area contributed by atoms with Crippen LogP contribution in [0.5, 0.6) is 0 Å². The highest BCUT2D eigenvalue weighted by molar-refractivity contribution is 5.83. The minimum atomic E-state index is -1.18. The van der Waals surface area contributed by atoms with Gasteiger partial charge < -0.3 is 10.8 Å². The van der Waals surface area contributed by atoms with Gasteiger partial charge in [0.1, 0.15) is 0 Å². The van der Waals surface area contributed by atoms with Crippen molar-refractivity contribution in [2.75, 3.05) is 0 Å². The molecule has 0 unspecified atom stereocenters. The SMILES string of the molecule is NCc1ccn2nc(C(=O)O)nc2n1. The number of rotatable bonds is 2. The van der Waals surface area contributed by atoms with Gasteiger partial charge in [0.05, 0.1) is 5.69 Å². The van der Waals surface area contributed by atoms with Gasteiger partial charge in [-0.25, -0.2) is 14.3 Å². The van der Waals surface area contributed by atoms with Crippen LogP contribution < -0.4 is 5.73 Å². The number of carboxylic acids is 1. The van der Waals surface area contributed by atoms with Gasteiger partial charge in [-0.3, -0.25) is 0 Å². The van der Waals surface area contributed by atoms with Crippen LogP contribution in [0.25, 0.3) is 5.78 Å². The van der Waals surface area contributed by atoms with Crippen LogP contribution in [0.2, 0.25) is 0 Å². The van der Waals surface area contributed by atoms with Crippen molar-refractivity contribution in [2.45, 2.75) is 6.54 Å². The monoisotopic (exact) mass is 193 g/mol. The summed E-state index contributed by atoms with van der Waals surface area (Å²) in [6.45, 7) is 0.283. The number of nitrogens with two attached hydrogens (primary N) is 1. The highest BCUT2D eigenvalue weighted by atomic mass is 16.4. The molecule has 0 radical (unpaired) electrons. The summed E-state index contributed by atoms with van der Waals surface area (Å²) in [6, 6.07) is 1.66. The van der Waals surface area contributed by atoms with Crippen LogP contribution in [0.1, 0.15) is 16.3 Å². The van der Waals surface area contributed by atoms with Crippen molar-refractivity contribution in [3.05, 3.63) is 23.8 Å². The van der Waals surface area contributed by atoms with Crippen LogP contribution in [-0.2, 0) is 6.54 Å². The van der Waals surface area contributed by atoms with E-state index in [1.807, 2.05) is 0 Å². The van der Waals surface area contributed by atoms with Gasteiger partial charge in [0, 0.05) is 12.7 Å². The minimum absolute atomic E-state index is 0.241. The fourth-order valence-corrected chi connectivity index (χ4v) is 1.02. The number of nitrogens with zero attached hydrogens (tertiary/aromatic N) is 4. The Hall–Kier alpha value is -2.02. The Morgan fingerprint density at radius 2 is 2.36 bits per heavy atom. The largest absolute Gasteiger partial charge is 0.475 e. The molecular weight excluding hydrogens is 186 g/mol. The maximum atomic E-state index is 10.5. The van der Waals surface area contributed by atoms with Crippen LogP contribution in [-0.4, -0.2) is 30.7 Å². The molecule has 2 aromatic rings. The molecule has 7 heteroatoms. The third-order valence-corrected chi connectivity index (χ3v) is 1.67. The van der Waals surface area contributed by atoms with E-state index in [9.17, 15) is 4.79 Å². The molecule has 2 rings (SSSR count). The summed E-state index contributed by atoms with van der Waals surface area (Å²) in [4.78, 5) is 18.2. The van der Waals surface area contributed by atoms with Crippen LogP contribution in [0, 0.1) is 0 Å². The van der Waals surface area contributed by atoms with Gasteiger partial charge in [0.2, 0.25) is 0 Å². The molecule has 2 aromatic heterocycles. The van der Waals surface area contributed by atoms with E-state index in [-0.39, 0.29) is 18.1 Å². The third kappa shape index (κ3) is 1.29. The number of hydrogen-bond acceptors (Lipinski definition) is 5. The van der Waals surface area contributed by atoms with Crippen molar-refractivity contribution in [3.8, 4) is 0 Å². The first-order valence-corrected chi connectivity index (χ1v) is 3.86. The molecule has 0 fully saturated rings. The maximum absolute atomic E-state index is 10.5. The number of aromatic carboxylic acids is 1. The van der Waals surface area contributed by atoms with Gasteiger partial charge in [-0.1, -0.05) is 0 Å². The summed E-state index contributed by atoms with van der Waals surface area (Å²) in [5.74, 6) is -1.21. The van der Waals surface area contributed by atoms with E-state index in [4.69, 9.17) is 10.8 Å². The standard InChI is InChI=1S/C7H7N5O2/c8-3-4-1-2-12-7(9-4)10-5(11-12)6(13)14/h1-2H,3,8H2,(H,13,14). The molecular formula is C7H7N5O2. The minimum Gasteiger partial charge on any atom is -0.475 e. The smallest absolute Gasteiger partial charge is 0.375 e. The predicted octanol–water partition coefficient (Wildman–Crippen LogP) is -0.719. The molecule has 0 aliphatic heterocycles. The summed E-state index contributed by atoms with van der Waals surface area (Å²) in [5, 5.41) is 12.3. The topological polar surface area (TPSA) is 106 Å². The Morgan fingerprint density at radius 1 is 1.57 bits per heavy atom. The molecule has 2 heterocycles. The Bertz CT molecular complexity index is 492. The fourth-order valence-electron chi connectivity index (χ4n) is 1.02. The molecule has 0 aliphatic carbocycles. The number of hydrogen-bond donors (Lipinski definition) is 2. The van der Waals surface area contributed by atoms with E-state index in [0.29, 0.717) is 5.69 Å². The average Bonchev–Trinajstić information content (AvgIpc) is 2.59. The van der Waals surface area contributed by atoms with Crippen LogP contribution >= 0.6 is 0 Å². The molecule has 0 aliphatic rings. The molecule has 14 heavy (non-hydrogen) atoms.